The number of nitrogen functional groups attached to an aromatic ring is 1. The number of nitrogens with two attached hydrogens (primary N) is 1. The van der Waals surface area contributed by atoms with Crippen molar-refractivity contribution in [2.75, 3.05) is 16.9 Å². The lowest BCUT2D eigenvalue weighted by molar-refractivity contribution is -0.113. The summed E-state index contributed by atoms with van der Waals surface area (Å²) < 4.78 is 1.49. The number of amides is 1. The fourth-order valence-electron chi connectivity index (χ4n) is 3.26. The molecule has 1 fully saturated rings. The first-order chi connectivity index (χ1) is 12.6. The van der Waals surface area contributed by atoms with Crippen LogP contribution < -0.4 is 11.2 Å². The van der Waals surface area contributed by atoms with Crippen molar-refractivity contribution in [2.24, 2.45) is 5.92 Å². The van der Waals surface area contributed by atoms with E-state index in [1.807, 2.05) is 0 Å². The van der Waals surface area contributed by atoms with Crippen LogP contribution in [-0.2, 0) is 17.6 Å². The van der Waals surface area contributed by atoms with Gasteiger partial charge in [0.2, 0.25) is 11.1 Å². The van der Waals surface area contributed by atoms with Gasteiger partial charge in [0.15, 0.2) is 5.82 Å². The highest BCUT2D eigenvalue weighted by atomic mass is 32.2. The van der Waals surface area contributed by atoms with Crippen molar-refractivity contribution >= 4 is 34.0 Å². The Labute approximate surface area is 159 Å². The summed E-state index contributed by atoms with van der Waals surface area (Å²) in [5, 5.41) is 21.8. The number of carbonyl (C=O) groups excluding carboxylic acids is 1. The second-order valence-electron chi connectivity index (χ2n) is 6.99. The summed E-state index contributed by atoms with van der Waals surface area (Å²) in [5.74, 6) is 7.86. The van der Waals surface area contributed by atoms with E-state index in [1.165, 1.54) is 32.7 Å². The third kappa shape index (κ3) is 3.31. The van der Waals surface area contributed by atoms with Crippen LogP contribution in [0.1, 0.15) is 53.9 Å². The van der Waals surface area contributed by atoms with Gasteiger partial charge in [-0.25, -0.2) is 4.68 Å². The Morgan fingerprint density at radius 3 is 3.00 bits per heavy atom. The number of nitrogens with zero attached hydrogens (tertiary/aromatic N) is 4. The maximum absolute atomic E-state index is 12.4. The number of carbonyl (C=O) groups is 1. The summed E-state index contributed by atoms with van der Waals surface area (Å²) in [5.41, 5.74) is 1.75. The van der Waals surface area contributed by atoms with Gasteiger partial charge in [0, 0.05) is 10.8 Å². The van der Waals surface area contributed by atoms with Crippen molar-refractivity contribution < 1.29 is 4.79 Å². The van der Waals surface area contributed by atoms with E-state index in [0.29, 0.717) is 27.6 Å². The first-order valence-corrected chi connectivity index (χ1v) is 10.5. The quantitative estimate of drug-likeness (QED) is 0.602. The van der Waals surface area contributed by atoms with Crippen LogP contribution in [0.4, 0.5) is 5.00 Å². The minimum atomic E-state index is -0.158. The number of fused-ring (bicyclic) bond motifs is 1. The van der Waals surface area contributed by atoms with Gasteiger partial charge < -0.3 is 11.2 Å². The summed E-state index contributed by atoms with van der Waals surface area (Å²) >= 11 is 2.80. The number of thioether (sulfide) groups is 1. The van der Waals surface area contributed by atoms with E-state index >= 15 is 0 Å². The molecule has 2 aliphatic carbocycles. The third-order valence-electron chi connectivity index (χ3n) is 4.84. The van der Waals surface area contributed by atoms with E-state index in [-0.39, 0.29) is 11.7 Å². The lowest BCUT2D eigenvalue weighted by Gasteiger charge is -2.17. The number of rotatable bonds is 5. The molecule has 1 amide bonds. The van der Waals surface area contributed by atoms with Crippen molar-refractivity contribution in [2.45, 2.75) is 50.1 Å². The summed E-state index contributed by atoms with van der Waals surface area (Å²) in [6.07, 6.45) is 5.19. The molecule has 2 aromatic heterocycles. The van der Waals surface area contributed by atoms with Crippen molar-refractivity contribution in [1.29, 1.82) is 5.26 Å². The molecule has 1 saturated carbocycles. The van der Waals surface area contributed by atoms with Crippen LogP contribution in [0.25, 0.3) is 0 Å². The zero-order valence-corrected chi connectivity index (χ0v) is 16.1. The number of hydrogen-bond donors (Lipinski definition) is 2. The molecule has 0 aliphatic heterocycles. The van der Waals surface area contributed by atoms with Crippen LogP contribution in [0.5, 0.6) is 0 Å². The number of nitriles is 1. The molecule has 7 nitrogen and oxygen atoms in total. The Morgan fingerprint density at radius 2 is 2.27 bits per heavy atom. The third-order valence-corrected chi connectivity index (χ3v) is 6.96. The predicted molar refractivity (Wildman–Crippen MR) is 102 cm³/mol. The summed E-state index contributed by atoms with van der Waals surface area (Å²) in [6.45, 7) is 2.22. The van der Waals surface area contributed by atoms with Crippen LogP contribution in [0.15, 0.2) is 5.16 Å². The van der Waals surface area contributed by atoms with E-state index in [0.717, 1.165) is 43.5 Å². The molecule has 0 radical (unpaired) electrons. The van der Waals surface area contributed by atoms with Crippen LogP contribution in [0.2, 0.25) is 0 Å². The van der Waals surface area contributed by atoms with E-state index in [9.17, 15) is 10.1 Å². The van der Waals surface area contributed by atoms with Crippen LogP contribution in [0.3, 0.4) is 0 Å². The number of hydrogen-bond acceptors (Lipinski definition) is 7. The SMILES string of the molecule is C[C@H]1CCc2c(sc(NC(=O)CSc3nnc(C4CC4)n3N)c2C#N)C1. The largest absolute Gasteiger partial charge is 0.336 e. The first-order valence-electron chi connectivity index (χ1n) is 8.74. The van der Waals surface area contributed by atoms with Gasteiger partial charge in [-0.2, -0.15) is 5.26 Å². The number of aromatic nitrogens is 3. The van der Waals surface area contributed by atoms with Gasteiger partial charge in [0.1, 0.15) is 11.1 Å². The number of thiophene rings is 1. The molecular formula is C17H20N6OS2. The zero-order valence-electron chi connectivity index (χ0n) is 14.5. The van der Waals surface area contributed by atoms with Gasteiger partial charge >= 0.3 is 0 Å². The maximum atomic E-state index is 12.4. The molecule has 3 N–H and O–H groups in total. The monoisotopic (exact) mass is 388 g/mol. The van der Waals surface area contributed by atoms with Crippen LogP contribution >= 0.6 is 23.1 Å². The molecule has 0 spiro atoms. The lowest BCUT2D eigenvalue weighted by Crippen LogP contribution is -2.17. The first kappa shape index (κ1) is 17.4. The van der Waals surface area contributed by atoms with Crippen molar-refractivity contribution in [1.82, 2.24) is 14.9 Å². The van der Waals surface area contributed by atoms with Gasteiger partial charge in [-0.3, -0.25) is 4.79 Å². The Kier molecular flexibility index (Phi) is 4.63. The smallest absolute Gasteiger partial charge is 0.235 e. The van der Waals surface area contributed by atoms with Crippen molar-refractivity contribution in [3.05, 3.63) is 21.8 Å². The van der Waals surface area contributed by atoms with Crippen LogP contribution in [0, 0.1) is 17.2 Å². The molecule has 0 unspecified atom stereocenters. The molecule has 9 heteroatoms. The molecule has 4 rings (SSSR count). The topological polar surface area (TPSA) is 110 Å². The fraction of sp³-hybridized carbons (Fsp3) is 0.529. The highest BCUT2D eigenvalue weighted by Gasteiger charge is 2.30. The van der Waals surface area contributed by atoms with Crippen LogP contribution in [-0.4, -0.2) is 26.5 Å². The minimum Gasteiger partial charge on any atom is -0.336 e. The molecular weight excluding hydrogens is 368 g/mol. The zero-order chi connectivity index (χ0) is 18.3. The summed E-state index contributed by atoms with van der Waals surface area (Å²) in [6, 6.07) is 2.27. The molecule has 2 heterocycles. The highest BCUT2D eigenvalue weighted by molar-refractivity contribution is 7.99. The van der Waals surface area contributed by atoms with E-state index < -0.39 is 0 Å². The fourth-order valence-corrected chi connectivity index (χ4v) is 5.30. The molecule has 0 aromatic carbocycles. The molecule has 1 atom stereocenters. The predicted octanol–water partition coefficient (Wildman–Crippen LogP) is 2.66. The average molecular weight is 389 g/mol. The summed E-state index contributed by atoms with van der Waals surface area (Å²) in [7, 11) is 0. The Bertz CT molecular complexity index is 892. The van der Waals surface area contributed by atoms with E-state index in [1.54, 1.807) is 0 Å². The van der Waals surface area contributed by atoms with Gasteiger partial charge in [-0.15, -0.1) is 21.5 Å². The Balaban J connectivity index is 1.41. The molecule has 136 valence electrons. The summed E-state index contributed by atoms with van der Waals surface area (Å²) in [4.78, 5) is 13.6. The van der Waals surface area contributed by atoms with Gasteiger partial charge in [0.25, 0.3) is 0 Å². The van der Waals surface area contributed by atoms with Gasteiger partial charge in [-0.1, -0.05) is 18.7 Å². The normalized spacial score (nSPS) is 19.0. The molecule has 0 saturated heterocycles. The van der Waals surface area contributed by atoms with E-state index in [4.69, 9.17) is 5.84 Å². The van der Waals surface area contributed by atoms with Gasteiger partial charge in [0.05, 0.1) is 11.3 Å². The average Bonchev–Trinajstić information content (AvgIpc) is 3.30. The lowest BCUT2D eigenvalue weighted by atomic mass is 9.89. The molecule has 2 aromatic rings. The maximum Gasteiger partial charge on any atom is 0.235 e. The standard InChI is InChI=1S/C17H20N6OS2/c1-9-2-5-11-12(7-18)16(26-13(11)6-9)20-14(24)8-25-17-22-21-15(23(17)19)10-3-4-10/h9-10H,2-6,8,19H2,1H3,(H,20,24)/t9-/m0/s1. The Morgan fingerprint density at radius 1 is 1.46 bits per heavy atom. The molecule has 26 heavy (non-hydrogen) atoms. The number of nitrogens with one attached hydrogen (secondary N) is 1. The van der Waals surface area contributed by atoms with Gasteiger partial charge in [-0.05, 0) is 43.6 Å². The Hall–Kier alpha value is -2.05. The molecule has 0 bridgehead atoms. The number of anilines is 1. The van der Waals surface area contributed by atoms with Crippen molar-refractivity contribution in [3.63, 3.8) is 0 Å². The molecule has 2 aliphatic rings. The van der Waals surface area contributed by atoms with E-state index in [2.05, 4.69) is 28.5 Å². The van der Waals surface area contributed by atoms with Crippen molar-refractivity contribution in [3.8, 4) is 6.07 Å². The highest BCUT2D eigenvalue weighted by Crippen LogP contribution is 2.40. The second-order valence-corrected chi connectivity index (χ2v) is 9.04. The second kappa shape index (κ2) is 6.93. The minimum absolute atomic E-state index is 0.158.